The minimum atomic E-state index is -0.549. The Morgan fingerprint density at radius 3 is 2.54 bits per heavy atom. The van der Waals surface area contributed by atoms with Crippen LogP contribution < -0.4 is 4.90 Å². The van der Waals surface area contributed by atoms with E-state index in [9.17, 15) is 14.5 Å². The average Bonchev–Trinajstić information content (AvgIpc) is 2.04. The van der Waals surface area contributed by atoms with Crippen LogP contribution in [0.15, 0.2) is 18.2 Å². The normalized spacial score (nSPS) is 9.77. The predicted octanol–water partition coefficient (Wildman–Crippen LogP) is 1.80. The molecule has 0 aliphatic rings. The molecule has 0 saturated carbocycles. The fourth-order valence-electron chi connectivity index (χ4n) is 0.957. The molecule has 0 spiro atoms. The first-order valence-corrected chi connectivity index (χ1v) is 3.63. The van der Waals surface area contributed by atoms with Gasteiger partial charge < -0.3 is 4.90 Å². The van der Waals surface area contributed by atoms with Gasteiger partial charge in [0.15, 0.2) is 0 Å². The number of hydrogen-bond donors (Lipinski definition) is 0. The lowest BCUT2D eigenvalue weighted by Gasteiger charge is -2.12. The van der Waals surface area contributed by atoms with Crippen LogP contribution in [-0.2, 0) is 0 Å². The summed E-state index contributed by atoms with van der Waals surface area (Å²) in [6.45, 7) is 0. The molecule has 13 heavy (non-hydrogen) atoms. The molecule has 0 unspecified atom stereocenters. The minimum Gasteiger partial charge on any atom is -0.375 e. The molecule has 0 N–H and O–H groups in total. The highest BCUT2D eigenvalue weighted by atomic mass is 19.1. The summed E-state index contributed by atoms with van der Waals surface area (Å²) < 4.78 is 13.0. The number of anilines is 1. The summed E-state index contributed by atoms with van der Waals surface area (Å²) in [6.07, 6.45) is 0. The minimum absolute atomic E-state index is 0.106. The molecule has 0 atom stereocenters. The molecule has 0 aliphatic heterocycles. The number of hydrogen-bond acceptors (Lipinski definition) is 3. The van der Waals surface area contributed by atoms with Crippen LogP contribution in [0.25, 0.3) is 0 Å². The number of nitro groups is 1. The van der Waals surface area contributed by atoms with Gasteiger partial charge in [0.1, 0.15) is 5.82 Å². The molecule has 1 rings (SSSR count). The molecule has 1 aromatic rings. The topological polar surface area (TPSA) is 46.4 Å². The van der Waals surface area contributed by atoms with E-state index >= 15 is 0 Å². The zero-order chi connectivity index (χ0) is 10.0. The summed E-state index contributed by atoms with van der Waals surface area (Å²) in [5.41, 5.74) is 0.110. The van der Waals surface area contributed by atoms with E-state index in [4.69, 9.17) is 0 Å². The van der Waals surface area contributed by atoms with Crippen LogP contribution in [0.1, 0.15) is 0 Å². The summed E-state index contributed by atoms with van der Waals surface area (Å²) in [5, 5.41) is 10.4. The Morgan fingerprint density at radius 1 is 1.46 bits per heavy atom. The van der Waals surface area contributed by atoms with E-state index in [2.05, 4.69) is 0 Å². The molecule has 0 aliphatic carbocycles. The van der Waals surface area contributed by atoms with Crippen LogP contribution in [0.3, 0.4) is 0 Å². The molecule has 0 fully saturated rings. The molecule has 0 radical (unpaired) electrons. The third-order valence-corrected chi connectivity index (χ3v) is 1.62. The molecule has 4 nitrogen and oxygen atoms in total. The molecule has 0 aromatic heterocycles. The fourth-order valence-corrected chi connectivity index (χ4v) is 0.957. The monoisotopic (exact) mass is 184 g/mol. The van der Waals surface area contributed by atoms with Gasteiger partial charge in [-0.1, -0.05) is 0 Å². The zero-order valence-electron chi connectivity index (χ0n) is 7.32. The lowest BCUT2D eigenvalue weighted by atomic mass is 10.2. The lowest BCUT2D eigenvalue weighted by molar-refractivity contribution is -0.384. The van der Waals surface area contributed by atoms with Crippen molar-refractivity contribution in [3.05, 3.63) is 34.1 Å². The number of non-ortho nitro benzene ring substituents is 1. The summed E-state index contributed by atoms with van der Waals surface area (Å²) >= 11 is 0. The second kappa shape index (κ2) is 3.38. The van der Waals surface area contributed by atoms with Crippen molar-refractivity contribution >= 4 is 11.4 Å². The largest absolute Gasteiger partial charge is 0.375 e. The zero-order valence-corrected chi connectivity index (χ0v) is 7.32. The third kappa shape index (κ3) is 1.93. The van der Waals surface area contributed by atoms with Crippen molar-refractivity contribution in [1.29, 1.82) is 0 Å². The molecule has 0 saturated heterocycles. The van der Waals surface area contributed by atoms with Gasteiger partial charge >= 0.3 is 0 Å². The van der Waals surface area contributed by atoms with Gasteiger partial charge in [-0.2, -0.15) is 0 Å². The van der Waals surface area contributed by atoms with E-state index in [1.165, 1.54) is 11.0 Å². The molecule has 70 valence electrons. The van der Waals surface area contributed by atoms with Crippen molar-refractivity contribution in [2.75, 3.05) is 19.0 Å². The summed E-state index contributed by atoms with van der Waals surface area (Å²) in [5.74, 6) is -0.462. The first kappa shape index (κ1) is 9.44. The van der Waals surface area contributed by atoms with Crippen LogP contribution in [0.4, 0.5) is 15.8 Å². The molecule has 0 bridgehead atoms. The van der Waals surface area contributed by atoms with E-state index in [-0.39, 0.29) is 11.4 Å². The average molecular weight is 184 g/mol. The van der Waals surface area contributed by atoms with Crippen LogP contribution in [-0.4, -0.2) is 19.0 Å². The van der Waals surface area contributed by atoms with Gasteiger partial charge in [0.2, 0.25) is 0 Å². The Morgan fingerprint density at radius 2 is 2.08 bits per heavy atom. The van der Waals surface area contributed by atoms with Crippen molar-refractivity contribution in [2.45, 2.75) is 0 Å². The maximum atomic E-state index is 13.0. The summed E-state index contributed by atoms with van der Waals surface area (Å²) in [4.78, 5) is 11.3. The van der Waals surface area contributed by atoms with Gasteiger partial charge in [-0.25, -0.2) is 4.39 Å². The van der Waals surface area contributed by atoms with Crippen molar-refractivity contribution < 1.29 is 9.31 Å². The Bertz CT molecular complexity index is 339. The highest BCUT2D eigenvalue weighted by molar-refractivity contribution is 5.53. The van der Waals surface area contributed by atoms with Crippen molar-refractivity contribution in [3.63, 3.8) is 0 Å². The van der Waals surface area contributed by atoms with E-state index < -0.39 is 10.7 Å². The summed E-state index contributed by atoms with van der Waals surface area (Å²) in [7, 11) is 3.25. The Hall–Kier alpha value is -1.65. The molecular formula is C8H9FN2O2. The van der Waals surface area contributed by atoms with E-state index in [0.717, 1.165) is 12.1 Å². The molecule has 5 heteroatoms. The second-order valence-electron chi connectivity index (χ2n) is 2.79. The highest BCUT2D eigenvalue weighted by Gasteiger charge is 2.11. The van der Waals surface area contributed by atoms with E-state index in [1.54, 1.807) is 14.1 Å². The van der Waals surface area contributed by atoms with Gasteiger partial charge in [0.25, 0.3) is 5.69 Å². The maximum Gasteiger partial charge on any atom is 0.271 e. The summed E-state index contributed by atoms with van der Waals surface area (Å²) in [6, 6.07) is 3.44. The van der Waals surface area contributed by atoms with Crippen molar-refractivity contribution in [2.24, 2.45) is 0 Å². The Kier molecular flexibility index (Phi) is 2.46. The van der Waals surface area contributed by atoms with Crippen molar-refractivity contribution in [3.8, 4) is 0 Å². The van der Waals surface area contributed by atoms with Gasteiger partial charge in [-0.3, -0.25) is 10.1 Å². The first-order chi connectivity index (χ1) is 6.02. The molecular weight excluding hydrogens is 175 g/mol. The molecule has 0 heterocycles. The van der Waals surface area contributed by atoms with Gasteiger partial charge in [0, 0.05) is 26.2 Å². The van der Waals surface area contributed by atoms with Crippen LogP contribution in [0.5, 0.6) is 0 Å². The second-order valence-corrected chi connectivity index (χ2v) is 2.79. The van der Waals surface area contributed by atoms with Gasteiger partial charge in [-0.15, -0.1) is 0 Å². The van der Waals surface area contributed by atoms with E-state index in [0.29, 0.717) is 0 Å². The van der Waals surface area contributed by atoms with Gasteiger partial charge in [0.05, 0.1) is 10.6 Å². The quantitative estimate of drug-likeness (QED) is 0.520. The molecule has 1 aromatic carbocycles. The number of halogens is 1. The van der Waals surface area contributed by atoms with E-state index in [1.807, 2.05) is 0 Å². The first-order valence-electron chi connectivity index (χ1n) is 3.63. The van der Waals surface area contributed by atoms with Crippen molar-refractivity contribution in [1.82, 2.24) is 0 Å². The molecule has 0 amide bonds. The number of benzene rings is 1. The SMILES string of the molecule is CN(C)c1cc([N+](=O)[O-])ccc1F. The smallest absolute Gasteiger partial charge is 0.271 e. The van der Waals surface area contributed by atoms with Crippen LogP contribution in [0.2, 0.25) is 0 Å². The maximum absolute atomic E-state index is 13.0. The standard InChI is InChI=1S/C8H9FN2O2/c1-10(2)8-5-6(11(12)13)3-4-7(8)9/h3-5H,1-2H3. The lowest BCUT2D eigenvalue weighted by Crippen LogP contribution is -2.10. The Labute approximate surface area is 74.7 Å². The number of nitrogens with zero attached hydrogens (tertiary/aromatic N) is 2. The fraction of sp³-hybridized carbons (Fsp3) is 0.250. The predicted molar refractivity (Wildman–Crippen MR) is 47.4 cm³/mol. The Balaban J connectivity index is 3.19. The van der Waals surface area contributed by atoms with Gasteiger partial charge in [-0.05, 0) is 6.07 Å². The third-order valence-electron chi connectivity index (χ3n) is 1.62. The van der Waals surface area contributed by atoms with Crippen LogP contribution in [0, 0.1) is 15.9 Å². The van der Waals surface area contributed by atoms with Crippen LogP contribution >= 0.6 is 0 Å². The number of rotatable bonds is 2. The number of nitro benzene ring substituents is 1. The highest BCUT2D eigenvalue weighted by Crippen LogP contribution is 2.22.